The molecule has 2 heteroatoms. The van der Waals surface area contributed by atoms with Crippen molar-refractivity contribution in [3.8, 4) is 6.07 Å². The first-order valence-electron chi connectivity index (χ1n) is 7.24. The van der Waals surface area contributed by atoms with Crippen molar-refractivity contribution in [1.82, 2.24) is 0 Å². The van der Waals surface area contributed by atoms with Crippen LogP contribution in [0, 0.1) is 17.2 Å². The summed E-state index contributed by atoms with van der Waals surface area (Å²) in [6.45, 7) is 0. The van der Waals surface area contributed by atoms with Crippen molar-refractivity contribution in [1.29, 1.82) is 5.26 Å². The summed E-state index contributed by atoms with van der Waals surface area (Å²) >= 11 is 0. The predicted octanol–water partition coefficient (Wildman–Crippen LogP) is 4.39. The van der Waals surface area contributed by atoms with Gasteiger partial charge in [0.25, 0.3) is 0 Å². The first-order chi connectivity index (χ1) is 8.34. The van der Waals surface area contributed by atoms with E-state index in [0.29, 0.717) is 12.2 Å². The van der Waals surface area contributed by atoms with Gasteiger partial charge in [-0.1, -0.05) is 44.9 Å². The molecule has 0 saturated heterocycles. The molecule has 0 aromatic heterocycles. The van der Waals surface area contributed by atoms with Gasteiger partial charge in [-0.15, -0.1) is 0 Å². The molecule has 0 amide bonds. The third-order valence-electron chi connectivity index (χ3n) is 3.79. The van der Waals surface area contributed by atoms with Gasteiger partial charge in [0, 0.05) is 18.8 Å². The van der Waals surface area contributed by atoms with Crippen molar-refractivity contribution < 1.29 is 4.79 Å². The Hall–Kier alpha value is -0.840. The van der Waals surface area contributed by atoms with Crippen molar-refractivity contribution >= 4 is 5.78 Å². The summed E-state index contributed by atoms with van der Waals surface area (Å²) in [7, 11) is 0. The molecule has 0 aromatic rings. The summed E-state index contributed by atoms with van der Waals surface area (Å²) in [6.07, 6.45) is 13.1. The van der Waals surface area contributed by atoms with E-state index in [0.717, 1.165) is 25.7 Å². The van der Waals surface area contributed by atoms with E-state index in [-0.39, 0.29) is 5.92 Å². The zero-order valence-electron chi connectivity index (χ0n) is 10.9. The van der Waals surface area contributed by atoms with Crippen LogP contribution in [-0.2, 0) is 4.79 Å². The lowest BCUT2D eigenvalue weighted by Crippen LogP contribution is -2.14. The van der Waals surface area contributed by atoms with Crippen molar-refractivity contribution in [3.63, 3.8) is 0 Å². The van der Waals surface area contributed by atoms with E-state index < -0.39 is 0 Å². The maximum Gasteiger partial charge on any atom is 0.136 e. The molecule has 0 heterocycles. The van der Waals surface area contributed by atoms with Gasteiger partial charge in [-0.05, 0) is 19.3 Å². The van der Waals surface area contributed by atoms with Crippen molar-refractivity contribution in [2.24, 2.45) is 5.92 Å². The highest BCUT2D eigenvalue weighted by Gasteiger charge is 2.17. The zero-order valence-corrected chi connectivity index (χ0v) is 10.9. The minimum Gasteiger partial charge on any atom is -0.299 e. The molecule has 1 aliphatic carbocycles. The fraction of sp³-hybridized carbons (Fsp3) is 0.867. The van der Waals surface area contributed by atoms with E-state index in [1.54, 1.807) is 0 Å². The number of Topliss-reactive ketones (excluding diaryl/α,β-unsaturated/α-hetero) is 1. The smallest absolute Gasteiger partial charge is 0.136 e. The largest absolute Gasteiger partial charge is 0.299 e. The number of ketones is 1. The molecular formula is C15H25NO. The third-order valence-corrected chi connectivity index (χ3v) is 3.79. The number of carbonyl (C=O) groups excluding carboxylic acids is 1. The summed E-state index contributed by atoms with van der Waals surface area (Å²) in [5.41, 5.74) is 0. The molecular weight excluding hydrogens is 210 g/mol. The highest BCUT2D eigenvalue weighted by molar-refractivity contribution is 5.80. The lowest BCUT2D eigenvalue weighted by molar-refractivity contribution is -0.123. The first kappa shape index (κ1) is 14.2. The van der Waals surface area contributed by atoms with Crippen LogP contribution in [0.3, 0.4) is 0 Å². The SMILES string of the molecule is N#CCC[C@H]1CCCCCCCCCCC1=O. The Balaban J connectivity index is 2.39. The Morgan fingerprint density at radius 2 is 1.59 bits per heavy atom. The fourth-order valence-electron chi connectivity index (χ4n) is 2.66. The van der Waals surface area contributed by atoms with Crippen LogP contribution in [0.1, 0.15) is 77.0 Å². The summed E-state index contributed by atoms with van der Waals surface area (Å²) in [5, 5.41) is 8.63. The molecule has 1 atom stereocenters. The minimum absolute atomic E-state index is 0.175. The summed E-state index contributed by atoms with van der Waals surface area (Å²) in [6, 6.07) is 2.17. The fourth-order valence-corrected chi connectivity index (χ4v) is 2.66. The maximum absolute atomic E-state index is 12.0. The molecule has 0 N–H and O–H groups in total. The molecule has 0 radical (unpaired) electrons. The van der Waals surface area contributed by atoms with Crippen LogP contribution in [-0.4, -0.2) is 5.78 Å². The van der Waals surface area contributed by atoms with Gasteiger partial charge in [-0.2, -0.15) is 5.26 Å². The molecule has 96 valence electrons. The molecule has 0 aliphatic heterocycles. The Morgan fingerprint density at radius 3 is 2.24 bits per heavy atom. The lowest BCUT2D eigenvalue weighted by Gasteiger charge is -2.15. The van der Waals surface area contributed by atoms with Gasteiger partial charge in [-0.25, -0.2) is 0 Å². The van der Waals surface area contributed by atoms with Crippen LogP contribution in [0.15, 0.2) is 0 Å². The van der Waals surface area contributed by atoms with Crippen LogP contribution in [0.25, 0.3) is 0 Å². The molecule has 0 aromatic carbocycles. The Morgan fingerprint density at radius 1 is 1.00 bits per heavy atom. The second-order valence-electron chi connectivity index (χ2n) is 5.23. The molecule has 1 rings (SSSR count). The van der Waals surface area contributed by atoms with Crippen LogP contribution in [0.5, 0.6) is 0 Å². The molecule has 0 unspecified atom stereocenters. The average molecular weight is 235 g/mol. The highest BCUT2D eigenvalue weighted by Crippen LogP contribution is 2.21. The van der Waals surface area contributed by atoms with Crippen LogP contribution in [0.2, 0.25) is 0 Å². The van der Waals surface area contributed by atoms with Crippen LogP contribution in [0.4, 0.5) is 0 Å². The number of nitrogens with zero attached hydrogens (tertiary/aromatic N) is 1. The molecule has 0 spiro atoms. The van der Waals surface area contributed by atoms with Gasteiger partial charge < -0.3 is 0 Å². The summed E-state index contributed by atoms with van der Waals surface area (Å²) in [5.74, 6) is 0.592. The molecule has 17 heavy (non-hydrogen) atoms. The second-order valence-corrected chi connectivity index (χ2v) is 5.23. The van der Waals surface area contributed by atoms with Gasteiger partial charge in [0.05, 0.1) is 6.07 Å². The number of rotatable bonds is 2. The normalized spacial score (nSPS) is 24.4. The standard InChI is InChI=1S/C15H25NO/c16-13-9-11-14-10-7-5-3-1-2-4-6-8-12-15(14)17/h14H,1-12H2/t14-/m1/s1. The molecule has 1 fully saturated rings. The first-order valence-corrected chi connectivity index (χ1v) is 7.24. The minimum atomic E-state index is 0.175. The number of nitriles is 1. The van der Waals surface area contributed by atoms with Gasteiger partial charge >= 0.3 is 0 Å². The van der Waals surface area contributed by atoms with Crippen LogP contribution < -0.4 is 0 Å². The van der Waals surface area contributed by atoms with E-state index in [1.807, 2.05) is 0 Å². The number of hydrogen-bond acceptors (Lipinski definition) is 2. The Bertz CT molecular complexity index is 254. The third kappa shape index (κ3) is 6.46. The van der Waals surface area contributed by atoms with Crippen molar-refractivity contribution in [2.75, 3.05) is 0 Å². The Kier molecular flexibility index (Phi) is 7.71. The average Bonchev–Trinajstić information content (AvgIpc) is 2.33. The van der Waals surface area contributed by atoms with E-state index in [1.165, 1.54) is 44.9 Å². The molecule has 1 saturated carbocycles. The predicted molar refractivity (Wildman–Crippen MR) is 69.5 cm³/mol. The lowest BCUT2D eigenvalue weighted by atomic mass is 9.89. The maximum atomic E-state index is 12.0. The zero-order chi connectivity index (χ0) is 12.3. The number of hydrogen-bond donors (Lipinski definition) is 0. The van der Waals surface area contributed by atoms with E-state index in [2.05, 4.69) is 6.07 Å². The monoisotopic (exact) mass is 235 g/mol. The van der Waals surface area contributed by atoms with Gasteiger partial charge in [-0.3, -0.25) is 4.79 Å². The quantitative estimate of drug-likeness (QED) is 0.712. The molecule has 1 aliphatic rings. The number of carbonyl (C=O) groups is 1. The topological polar surface area (TPSA) is 40.9 Å². The Labute approximate surface area is 105 Å². The summed E-state index contributed by atoms with van der Waals surface area (Å²) in [4.78, 5) is 12.0. The van der Waals surface area contributed by atoms with E-state index >= 15 is 0 Å². The molecule has 0 bridgehead atoms. The van der Waals surface area contributed by atoms with Crippen molar-refractivity contribution in [3.05, 3.63) is 0 Å². The van der Waals surface area contributed by atoms with Crippen molar-refractivity contribution in [2.45, 2.75) is 77.0 Å². The van der Waals surface area contributed by atoms with E-state index in [4.69, 9.17) is 5.26 Å². The molecule has 2 nitrogen and oxygen atoms in total. The van der Waals surface area contributed by atoms with E-state index in [9.17, 15) is 4.79 Å². The summed E-state index contributed by atoms with van der Waals surface area (Å²) < 4.78 is 0. The van der Waals surface area contributed by atoms with Gasteiger partial charge in [0.15, 0.2) is 0 Å². The van der Waals surface area contributed by atoms with Gasteiger partial charge in [0.1, 0.15) is 5.78 Å². The second kappa shape index (κ2) is 9.22. The highest BCUT2D eigenvalue weighted by atomic mass is 16.1. The van der Waals surface area contributed by atoms with Crippen LogP contribution >= 0.6 is 0 Å². The van der Waals surface area contributed by atoms with Gasteiger partial charge in [0.2, 0.25) is 0 Å².